The molecule has 0 aliphatic carbocycles. The Balaban J connectivity index is 1.46. The summed E-state index contributed by atoms with van der Waals surface area (Å²) in [4.78, 5) is 17.7. The highest BCUT2D eigenvalue weighted by atomic mass is 16.5. The second kappa shape index (κ2) is 9.45. The molecule has 2 aliphatic rings. The molecular formula is C23H31N5O2. The van der Waals surface area contributed by atoms with Crippen LogP contribution in [0.4, 0.5) is 11.4 Å². The van der Waals surface area contributed by atoms with Gasteiger partial charge in [0.1, 0.15) is 11.4 Å². The average molecular weight is 410 g/mol. The number of hydrogen-bond donors (Lipinski definition) is 4. The molecule has 1 aromatic heterocycles. The Hall–Kier alpha value is -2.64. The molecule has 160 valence electrons. The van der Waals surface area contributed by atoms with Gasteiger partial charge in [0.15, 0.2) is 0 Å². The number of benzene rings is 1. The molecule has 7 nitrogen and oxygen atoms in total. The van der Waals surface area contributed by atoms with Gasteiger partial charge in [0.2, 0.25) is 0 Å². The summed E-state index contributed by atoms with van der Waals surface area (Å²) >= 11 is 0. The van der Waals surface area contributed by atoms with Crippen molar-refractivity contribution in [3.63, 3.8) is 0 Å². The normalized spacial score (nSPS) is 20.6. The summed E-state index contributed by atoms with van der Waals surface area (Å²) in [6.07, 6.45) is 6.14. The number of H-pyrrole nitrogens is 1. The van der Waals surface area contributed by atoms with Crippen molar-refractivity contribution in [3.8, 4) is 0 Å². The lowest BCUT2D eigenvalue weighted by molar-refractivity contribution is 0.0876. The zero-order valence-corrected chi connectivity index (χ0v) is 17.5. The Morgan fingerprint density at radius 3 is 2.67 bits per heavy atom. The first-order valence-electron chi connectivity index (χ1n) is 10.9. The molecule has 2 fully saturated rings. The van der Waals surface area contributed by atoms with E-state index in [9.17, 15) is 4.79 Å². The van der Waals surface area contributed by atoms with Crippen LogP contribution in [0.1, 0.15) is 49.8 Å². The van der Waals surface area contributed by atoms with Crippen LogP contribution in [0.5, 0.6) is 0 Å². The van der Waals surface area contributed by atoms with Gasteiger partial charge < -0.3 is 20.4 Å². The quantitative estimate of drug-likeness (QED) is 0.432. The highest BCUT2D eigenvalue weighted by Crippen LogP contribution is 2.26. The number of hydrogen-bond acceptors (Lipinski definition) is 5. The van der Waals surface area contributed by atoms with E-state index in [0.29, 0.717) is 23.9 Å². The number of amidine groups is 1. The van der Waals surface area contributed by atoms with Crippen molar-refractivity contribution < 1.29 is 4.74 Å². The van der Waals surface area contributed by atoms with Crippen LogP contribution in [0.15, 0.2) is 41.3 Å². The van der Waals surface area contributed by atoms with Gasteiger partial charge in [-0.15, -0.1) is 0 Å². The van der Waals surface area contributed by atoms with E-state index >= 15 is 0 Å². The third-order valence-corrected chi connectivity index (χ3v) is 6.08. The standard InChI is InChI=1S/C23H31N5O2/c1-16(28-12-2-3-13-28)17-6-8-18(9-7-17)27-22(24)21-20(10-11-25-23(21)29)26-19-5-4-14-30-15-19/h6-11,16,19H,2-5,12-15H2,1H3,(H2,24,27)(H2,25,26,29)/t16?,19-/m1/s1. The van der Waals surface area contributed by atoms with Crippen molar-refractivity contribution in [1.29, 1.82) is 5.41 Å². The topological polar surface area (TPSA) is 93.2 Å². The van der Waals surface area contributed by atoms with Crippen molar-refractivity contribution in [2.45, 2.75) is 44.7 Å². The van der Waals surface area contributed by atoms with Crippen molar-refractivity contribution in [1.82, 2.24) is 9.88 Å². The molecule has 0 radical (unpaired) electrons. The molecule has 2 aromatic rings. The first kappa shape index (κ1) is 20.6. The van der Waals surface area contributed by atoms with Crippen molar-refractivity contribution in [2.75, 3.05) is 36.9 Å². The zero-order valence-electron chi connectivity index (χ0n) is 17.5. The number of likely N-dealkylation sites (tertiary alicyclic amines) is 1. The van der Waals surface area contributed by atoms with E-state index in [-0.39, 0.29) is 17.4 Å². The SMILES string of the molecule is CC(c1ccc(NC(=N)c2c(N[C@@H]3CCCOC3)cc[nH]c2=O)cc1)N1CCCC1. The van der Waals surface area contributed by atoms with Gasteiger partial charge in [-0.1, -0.05) is 12.1 Å². The molecule has 4 rings (SSSR count). The zero-order chi connectivity index (χ0) is 20.9. The molecule has 3 heterocycles. The Labute approximate surface area is 177 Å². The van der Waals surface area contributed by atoms with Crippen molar-refractivity contribution in [2.24, 2.45) is 0 Å². The first-order chi connectivity index (χ1) is 14.6. The third kappa shape index (κ3) is 4.74. The number of rotatable bonds is 6. The van der Waals surface area contributed by atoms with Gasteiger partial charge in [0.05, 0.1) is 12.3 Å². The lowest BCUT2D eigenvalue weighted by Crippen LogP contribution is -2.33. The molecular weight excluding hydrogens is 378 g/mol. The van der Waals surface area contributed by atoms with Gasteiger partial charge >= 0.3 is 0 Å². The number of anilines is 2. The van der Waals surface area contributed by atoms with E-state index in [4.69, 9.17) is 10.1 Å². The monoisotopic (exact) mass is 409 g/mol. The van der Waals surface area contributed by atoms with Crippen LogP contribution in [-0.4, -0.2) is 48.1 Å². The number of nitrogens with one attached hydrogen (secondary N) is 4. The highest BCUT2D eigenvalue weighted by molar-refractivity contribution is 6.09. The van der Waals surface area contributed by atoms with Gasteiger partial charge in [0.25, 0.3) is 5.56 Å². The van der Waals surface area contributed by atoms with Crippen LogP contribution in [0.3, 0.4) is 0 Å². The van der Waals surface area contributed by atoms with Gasteiger partial charge in [-0.3, -0.25) is 15.1 Å². The molecule has 7 heteroatoms. The second-order valence-electron chi connectivity index (χ2n) is 8.19. The van der Waals surface area contributed by atoms with Crippen LogP contribution in [0.2, 0.25) is 0 Å². The maximum Gasteiger partial charge on any atom is 0.261 e. The predicted octanol–water partition coefficient (Wildman–Crippen LogP) is 3.56. The fraction of sp³-hybridized carbons (Fsp3) is 0.478. The molecule has 0 amide bonds. The number of pyridine rings is 1. The van der Waals surface area contributed by atoms with Crippen LogP contribution in [0.25, 0.3) is 0 Å². The van der Waals surface area contributed by atoms with E-state index in [2.05, 4.69) is 39.6 Å². The maximum atomic E-state index is 12.5. The van der Waals surface area contributed by atoms with E-state index in [1.165, 1.54) is 18.4 Å². The molecule has 0 bridgehead atoms. The molecule has 2 aliphatic heterocycles. The van der Waals surface area contributed by atoms with E-state index in [1.807, 2.05) is 18.2 Å². The van der Waals surface area contributed by atoms with E-state index < -0.39 is 0 Å². The summed E-state index contributed by atoms with van der Waals surface area (Å²) in [5.41, 5.74) is 2.76. The van der Waals surface area contributed by atoms with Gasteiger partial charge in [-0.25, -0.2) is 0 Å². The summed E-state index contributed by atoms with van der Waals surface area (Å²) in [6, 6.07) is 10.5. The molecule has 2 saturated heterocycles. The smallest absolute Gasteiger partial charge is 0.261 e. The minimum Gasteiger partial charge on any atom is -0.379 e. The van der Waals surface area contributed by atoms with Crippen LogP contribution >= 0.6 is 0 Å². The summed E-state index contributed by atoms with van der Waals surface area (Å²) in [5, 5.41) is 15.0. The number of aromatic amines is 1. The summed E-state index contributed by atoms with van der Waals surface area (Å²) in [5.74, 6) is 0.0800. The lowest BCUT2D eigenvalue weighted by Gasteiger charge is -2.25. The number of nitrogens with zero attached hydrogens (tertiary/aromatic N) is 1. The molecule has 30 heavy (non-hydrogen) atoms. The van der Waals surface area contributed by atoms with Crippen LogP contribution < -0.4 is 16.2 Å². The fourth-order valence-electron chi connectivity index (χ4n) is 4.31. The molecule has 2 atom stereocenters. The predicted molar refractivity (Wildman–Crippen MR) is 121 cm³/mol. The van der Waals surface area contributed by atoms with E-state index in [0.717, 1.165) is 38.2 Å². The highest BCUT2D eigenvalue weighted by Gasteiger charge is 2.20. The van der Waals surface area contributed by atoms with Crippen molar-refractivity contribution in [3.05, 3.63) is 58.0 Å². The van der Waals surface area contributed by atoms with Crippen molar-refractivity contribution >= 4 is 17.2 Å². The molecule has 1 aromatic carbocycles. The minimum absolute atomic E-state index is 0.0800. The summed E-state index contributed by atoms with van der Waals surface area (Å²) < 4.78 is 5.53. The molecule has 0 spiro atoms. The maximum absolute atomic E-state index is 12.5. The Morgan fingerprint density at radius 1 is 1.20 bits per heavy atom. The van der Waals surface area contributed by atoms with Gasteiger partial charge in [-0.05, 0) is 69.5 Å². The molecule has 0 saturated carbocycles. The lowest BCUT2D eigenvalue weighted by atomic mass is 10.1. The summed E-state index contributed by atoms with van der Waals surface area (Å²) in [7, 11) is 0. The first-order valence-corrected chi connectivity index (χ1v) is 10.9. The number of aromatic nitrogens is 1. The Kier molecular flexibility index (Phi) is 6.50. The summed E-state index contributed by atoms with van der Waals surface area (Å²) in [6.45, 7) is 5.95. The number of ether oxygens (including phenoxy) is 1. The minimum atomic E-state index is -0.284. The Bertz CT molecular complexity index is 912. The largest absolute Gasteiger partial charge is 0.379 e. The van der Waals surface area contributed by atoms with E-state index in [1.54, 1.807) is 6.20 Å². The fourth-order valence-corrected chi connectivity index (χ4v) is 4.31. The molecule has 4 N–H and O–H groups in total. The van der Waals surface area contributed by atoms with Crippen LogP contribution in [0, 0.1) is 5.41 Å². The third-order valence-electron chi connectivity index (χ3n) is 6.08. The average Bonchev–Trinajstić information content (AvgIpc) is 3.29. The van der Waals surface area contributed by atoms with Crippen LogP contribution in [-0.2, 0) is 4.74 Å². The second-order valence-corrected chi connectivity index (χ2v) is 8.19. The molecule has 1 unspecified atom stereocenters. The van der Waals surface area contributed by atoms with Gasteiger partial charge in [-0.2, -0.15) is 0 Å². The van der Waals surface area contributed by atoms with Gasteiger partial charge in [0, 0.05) is 30.6 Å². The Morgan fingerprint density at radius 2 is 1.97 bits per heavy atom.